The van der Waals surface area contributed by atoms with Gasteiger partial charge in [-0.1, -0.05) is 0 Å². The Hall–Kier alpha value is -2.48. The summed E-state index contributed by atoms with van der Waals surface area (Å²) in [4.78, 5) is 18.9. The lowest BCUT2D eigenvalue weighted by molar-refractivity contribution is -0.121. The van der Waals surface area contributed by atoms with Crippen LogP contribution in [0.4, 0.5) is 0 Å². The Morgan fingerprint density at radius 2 is 1.83 bits per heavy atom. The molecule has 1 aliphatic heterocycles. The lowest BCUT2D eigenvalue weighted by Gasteiger charge is -2.11. The van der Waals surface area contributed by atoms with E-state index >= 15 is 0 Å². The van der Waals surface area contributed by atoms with E-state index < -0.39 is 0 Å². The number of amides is 1. The van der Waals surface area contributed by atoms with E-state index in [2.05, 4.69) is 20.5 Å². The highest BCUT2D eigenvalue weighted by molar-refractivity contribution is 6.04. The fraction of sp³-hybridized carbons (Fsp3) is 0.357. The van der Waals surface area contributed by atoms with Crippen LogP contribution >= 0.6 is 12.4 Å². The Labute approximate surface area is 138 Å². The number of halogens is 1. The molecule has 2 N–H and O–H groups in total. The summed E-state index contributed by atoms with van der Waals surface area (Å²) in [6.45, 7) is 0. The molecule has 0 unspecified atom stereocenters. The molecule has 3 rings (SSSR count). The van der Waals surface area contributed by atoms with Crippen molar-refractivity contribution in [1.29, 1.82) is 0 Å². The van der Waals surface area contributed by atoms with Crippen LogP contribution in [0.2, 0.25) is 0 Å². The number of ether oxygens (including phenoxy) is 3. The van der Waals surface area contributed by atoms with Crippen molar-refractivity contribution in [2.75, 3.05) is 21.3 Å². The van der Waals surface area contributed by atoms with E-state index in [4.69, 9.17) is 14.2 Å². The predicted molar refractivity (Wildman–Crippen MR) is 86.9 cm³/mol. The van der Waals surface area contributed by atoms with Gasteiger partial charge in [0, 0.05) is 18.9 Å². The van der Waals surface area contributed by atoms with Crippen LogP contribution in [0.1, 0.15) is 18.7 Å². The average molecular weight is 341 g/mol. The van der Waals surface area contributed by atoms with Gasteiger partial charge >= 0.3 is 0 Å². The summed E-state index contributed by atoms with van der Waals surface area (Å²) in [5.74, 6) is 2.00. The molecule has 0 saturated heterocycles. The van der Waals surface area contributed by atoms with E-state index in [1.165, 1.54) is 0 Å². The molecular weight excluding hydrogens is 324 g/mol. The molecule has 1 aromatic heterocycles. The number of aromatic amines is 1. The minimum Gasteiger partial charge on any atom is -0.493 e. The van der Waals surface area contributed by atoms with Gasteiger partial charge in [-0.15, -0.1) is 12.4 Å². The highest BCUT2D eigenvalue weighted by Gasteiger charge is 2.22. The molecule has 9 heteroatoms. The highest BCUT2D eigenvalue weighted by Crippen LogP contribution is 2.42. The first-order valence-electron chi connectivity index (χ1n) is 6.72. The summed E-state index contributed by atoms with van der Waals surface area (Å²) in [6, 6.07) is 1.79. The van der Waals surface area contributed by atoms with E-state index in [1.54, 1.807) is 27.4 Å². The molecule has 2 heterocycles. The molecular formula is C14H17ClN4O4. The zero-order valence-corrected chi connectivity index (χ0v) is 13.7. The molecule has 1 amide bonds. The third-order valence-electron chi connectivity index (χ3n) is 3.46. The average Bonchev–Trinajstić information content (AvgIpc) is 2.97. The number of hydrazone groups is 1. The van der Waals surface area contributed by atoms with Crippen LogP contribution < -0.4 is 19.6 Å². The lowest BCUT2D eigenvalue weighted by Crippen LogP contribution is -2.26. The predicted octanol–water partition coefficient (Wildman–Crippen LogP) is 1.62. The van der Waals surface area contributed by atoms with Crippen molar-refractivity contribution in [2.45, 2.75) is 12.8 Å². The molecule has 0 saturated carbocycles. The minimum absolute atomic E-state index is 0. The first-order valence-corrected chi connectivity index (χ1v) is 6.72. The maximum absolute atomic E-state index is 11.2. The molecule has 23 heavy (non-hydrogen) atoms. The summed E-state index contributed by atoms with van der Waals surface area (Å²) < 4.78 is 16.1. The molecule has 2 aromatic rings. The Morgan fingerprint density at radius 3 is 2.39 bits per heavy atom. The van der Waals surface area contributed by atoms with Crippen molar-refractivity contribution in [1.82, 2.24) is 15.4 Å². The Bertz CT molecular complexity index is 772. The standard InChI is InChI=1S/C14H16N4O4.ClH/c1-20-9-6-8-11(13(22-3)12(9)21-2)16-14(15-8)7-4-5-10(19)18-17-7;/h6H,4-5H2,1-3H3,(H,15,16)(H,18,19);1H. The second-order valence-electron chi connectivity index (χ2n) is 4.72. The number of imidazole rings is 1. The van der Waals surface area contributed by atoms with Crippen LogP contribution in [-0.4, -0.2) is 42.9 Å². The van der Waals surface area contributed by atoms with E-state index in [1.807, 2.05) is 0 Å². The third-order valence-corrected chi connectivity index (χ3v) is 3.46. The molecule has 1 aliphatic rings. The fourth-order valence-electron chi connectivity index (χ4n) is 2.40. The first-order chi connectivity index (χ1) is 10.7. The maximum Gasteiger partial charge on any atom is 0.240 e. The molecule has 0 atom stereocenters. The smallest absolute Gasteiger partial charge is 0.240 e. The number of benzene rings is 1. The normalized spacial score (nSPS) is 13.9. The summed E-state index contributed by atoms with van der Waals surface area (Å²) in [6.07, 6.45) is 0.919. The molecule has 8 nitrogen and oxygen atoms in total. The van der Waals surface area contributed by atoms with Crippen LogP contribution in [0, 0.1) is 0 Å². The van der Waals surface area contributed by atoms with Gasteiger partial charge in [-0.3, -0.25) is 4.79 Å². The fourth-order valence-corrected chi connectivity index (χ4v) is 2.40. The van der Waals surface area contributed by atoms with Crippen molar-refractivity contribution < 1.29 is 19.0 Å². The van der Waals surface area contributed by atoms with Gasteiger partial charge in [0.1, 0.15) is 11.2 Å². The number of carbonyl (C=O) groups excluding carboxylic acids is 1. The monoisotopic (exact) mass is 340 g/mol. The number of nitrogens with one attached hydrogen (secondary N) is 2. The van der Waals surface area contributed by atoms with E-state index in [0.717, 1.165) is 5.52 Å². The molecule has 0 radical (unpaired) electrons. The highest BCUT2D eigenvalue weighted by atomic mass is 35.5. The van der Waals surface area contributed by atoms with Crippen molar-refractivity contribution in [3.63, 3.8) is 0 Å². The van der Waals surface area contributed by atoms with Gasteiger partial charge < -0.3 is 19.2 Å². The van der Waals surface area contributed by atoms with E-state index in [9.17, 15) is 4.79 Å². The van der Waals surface area contributed by atoms with Gasteiger partial charge in [-0.25, -0.2) is 10.4 Å². The third kappa shape index (κ3) is 2.89. The number of H-pyrrole nitrogens is 1. The lowest BCUT2D eigenvalue weighted by atomic mass is 10.2. The van der Waals surface area contributed by atoms with Gasteiger partial charge in [0.15, 0.2) is 17.3 Å². The van der Waals surface area contributed by atoms with E-state index in [-0.39, 0.29) is 18.3 Å². The quantitative estimate of drug-likeness (QED) is 0.881. The summed E-state index contributed by atoms with van der Waals surface area (Å²) >= 11 is 0. The summed E-state index contributed by atoms with van der Waals surface area (Å²) in [5, 5.41) is 4.04. The zero-order chi connectivity index (χ0) is 15.7. The number of carbonyl (C=O) groups is 1. The van der Waals surface area contributed by atoms with Crippen molar-refractivity contribution in [2.24, 2.45) is 5.10 Å². The molecule has 0 aliphatic carbocycles. The maximum atomic E-state index is 11.2. The molecule has 124 valence electrons. The van der Waals surface area contributed by atoms with Crippen molar-refractivity contribution in [3.8, 4) is 17.2 Å². The van der Waals surface area contributed by atoms with Crippen LogP contribution in [0.3, 0.4) is 0 Å². The minimum atomic E-state index is -0.0965. The van der Waals surface area contributed by atoms with Gasteiger partial charge in [0.2, 0.25) is 11.7 Å². The first kappa shape index (κ1) is 16.9. The Morgan fingerprint density at radius 1 is 1.09 bits per heavy atom. The zero-order valence-electron chi connectivity index (χ0n) is 12.9. The van der Waals surface area contributed by atoms with Crippen LogP contribution in [0.25, 0.3) is 11.0 Å². The summed E-state index contributed by atoms with van der Waals surface area (Å²) in [7, 11) is 4.64. The van der Waals surface area contributed by atoms with Crippen LogP contribution in [0.15, 0.2) is 11.2 Å². The topological polar surface area (TPSA) is 97.8 Å². The second-order valence-corrected chi connectivity index (χ2v) is 4.72. The van der Waals surface area contributed by atoms with Gasteiger partial charge in [-0.05, 0) is 0 Å². The number of fused-ring (bicyclic) bond motifs is 1. The van der Waals surface area contributed by atoms with Gasteiger partial charge in [0.25, 0.3) is 0 Å². The number of rotatable bonds is 4. The summed E-state index contributed by atoms with van der Waals surface area (Å²) in [5.41, 5.74) is 4.51. The number of hydrogen-bond acceptors (Lipinski definition) is 6. The largest absolute Gasteiger partial charge is 0.493 e. The SMILES string of the molecule is COc1cc2[nH]c(C3=NNC(=O)CC3)nc2c(OC)c1OC.Cl. The Kier molecular flexibility index (Phi) is 4.95. The van der Waals surface area contributed by atoms with Crippen LogP contribution in [0.5, 0.6) is 17.2 Å². The molecule has 0 fully saturated rings. The van der Waals surface area contributed by atoms with Gasteiger partial charge in [-0.2, -0.15) is 5.10 Å². The number of aromatic nitrogens is 2. The number of hydrogen-bond donors (Lipinski definition) is 2. The van der Waals surface area contributed by atoms with Crippen molar-refractivity contribution >= 4 is 35.1 Å². The number of methoxy groups -OCH3 is 3. The molecule has 0 bridgehead atoms. The molecule has 0 spiro atoms. The van der Waals surface area contributed by atoms with Gasteiger partial charge in [0.05, 0.1) is 26.8 Å². The molecule has 1 aromatic carbocycles. The van der Waals surface area contributed by atoms with Crippen LogP contribution in [-0.2, 0) is 4.79 Å². The van der Waals surface area contributed by atoms with E-state index in [0.29, 0.717) is 47.1 Å². The van der Waals surface area contributed by atoms with Crippen molar-refractivity contribution in [3.05, 3.63) is 11.9 Å². The second kappa shape index (κ2) is 6.74. The number of nitrogens with zero attached hydrogens (tertiary/aromatic N) is 2. The Balaban J connectivity index is 0.00000192.